The average Bonchev–Trinajstić information content (AvgIpc) is 2.68. The Kier molecular flexibility index (Phi) is 5.70. The molecule has 144 valence electrons. The molecule has 1 aliphatic rings. The Morgan fingerprint density at radius 2 is 1.63 bits per heavy atom. The minimum Gasteiger partial charge on any atom is -0.497 e. The molecule has 0 atom stereocenters. The highest BCUT2D eigenvalue weighted by atomic mass is 19.4. The summed E-state index contributed by atoms with van der Waals surface area (Å²) in [5.74, 6) is 0.605. The van der Waals surface area contributed by atoms with Gasteiger partial charge in [-0.1, -0.05) is 0 Å². The highest BCUT2D eigenvalue weighted by Gasteiger charge is 2.31. The molecule has 1 amide bonds. The van der Waals surface area contributed by atoms with E-state index in [1.165, 1.54) is 22.6 Å². The van der Waals surface area contributed by atoms with Crippen molar-refractivity contribution in [3.63, 3.8) is 0 Å². The van der Waals surface area contributed by atoms with Crippen LogP contribution < -0.4 is 9.64 Å². The van der Waals surface area contributed by atoms with Crippen molar-refractivity contribution < 1.29 is 27.6 Å². The molecule has 1 aliphatic heterocycles. The zero-order chi connectivity index (χ0) is 19.4. The number of hydrogen-bond acceptors (Lipinski definition) is 2. The molecule has 7 heteroatoms. The van der Waals surface area contributed by atoms with Crippen LogP contribution in [-0.4, -0.2) is 44.1 Å². The summed E-state index contributed by atoms with van der Waals surface area (Å²) < 4.78 is 43.1. The van der Waals surface area contributed by atoms with Gasteiger partial charge < -0.3 is 14.5 Å². The quantitative estimate of drug-likeness (QED) is 0.884. The molecule has 0 aromatic heterocycles. The van der Waals surface area contributed by atoms with E-state index in [0.717, 1.165) is 37.5 Å². The van der Waals surface area contributed by atoms with E-state index in [2.05, 4.69) is 0 Å². The third kappa shape index (κ3) is 4.80. The monoisotopic (exact) mass is 379 g/mol. The Balaban J connectivity index is 1.54. The molecule has 3 rings (SSSR count). The van der Waals surface area contributed by atoms with Crippen LogP contribution in [0.2, 0.25) is 0 Å². The molecule has 1 saturated heterocycles. The van der Waals surface area contributed by atoms with Crippen LogP contribution >= 0.6 is 0 Å². The number of carbonyl (C=O) groups is 1. The maximum absolute atomic E-state index is 12.6. The van der Waals surface area contributed by atoms with Gasteiger partial charge >= 0.3 is 6.18 Å². The number of piperazine rings is 1. The molecule has 1 N–H and O–H groups in total. The van der Waals surface area contributed by atoms with Crippen molar-refractivity contribution in [2.45, 2.75) is 12.7 Å². The van der Waals surface area contributed by atoms with E-state index in [1.807, 2.05) is 24.3 Å². The van der Waals surface area contributed by atoms with Crippen LogP contribution in [0.15, 0.2) is 48.5 Å². The number of alkyl halides is 3. The molecule has 0 unspecified atom stereocenters. The first kappa shape index (κ1) is 19.2. The van der Waals surface area contributed by atoms with E-state index in [4.69, 9.17) is 4.74 Å². The molecule has 0 saturated carbocycles. The fourth-order valence-corrected chi connectivity index (χ4v) is 3.22. The summed E-state index contributed by atoms with van der Waals surface area (Å²) in [6, 6.07) is 12.3. The second-order valence-electron chi connectivity index (χ2n) is 6.64. The largest absolute Gasteiger partial charge is 0.497 e. The molecule has 27 heavy (non-hydrogen) atoms. The van der Waals surface area contributed by atoms with Crippen molar-refractivity contribution in [1.29, 1.82) is 0 Å². The van der Waals surface area contributed by atoms with Crippen molar-refractivity contribution in [1.82, 2.24) is 4.90 Å². The number of hydrogen-bond donors (Lipinski definition) is 1. The molecule has 2 aromatic carbocycles. The van der Waals surface area contributed by atoms with Gasteiger partial charge in [0.25, 0.3) is 5.91 Å². The van der Waals surface area contributed by atoms with Gasteiger partial charge in [-0.3, -0.25) is 4.79 Å². The van der Waals surface area contributed by atoms with Crippen molar-refractivity contribution in [2.24, 2.45) is 0 Å². The molecule has 2 aromatic rings. The summed E-state index contributed by atoms with van der Waals surface area (Å²) in [7, 11) is 1.63. The first-order valence-corrected chi connectivity index (χ1v) is 8.80. The number of carbonyl (C=O) groups excluding carboxylic acids is 1. The minimum atomic E-state index is -4.39. The molecule has 1 heterocycles. The molecule has 0 bridgehead atoms. The molecule has 4 nitrogen and oxygen atoms in total. The molecular formula is C20H22F3N2O2+. The summed E-state index contributed by atoms with van der Waals surface area (Å²) in [6.45, 7) is 3.65. The number of ether oxygens (including phenoxy) is 1. The number of quaternary nitrogens is 1. The van der Waals surface area contributed by atoms with E-state index in [1.54, 1.807) is 12.0 Å². The van der Waals surface area contributed by atoms with Crippen LogP contribution in [0.3, 0.4) is 0 Å². The van der Waals surface area contributed by atoms with Crippen LogP contribution in [0.25, 0.3) is 0 Å². The zero-order valence-corrected chi connectivity index (χ0v) is 15.1. The summed E-state index contributed by atoms with van der Waals surface area (Å²) >= 11 is 0. The fourth-order valence-electron chi connectivity index (χ4n) is 3.22. The number of methoxy groups -OCH3 is 1. The van der Waals surface area contributed by atoms with E-state index in [-0.39, 0.29) is 5.91 Å². The Morgan fingerprint density at radius 3 is 2.15 bits per heavy atom. The maximum Gasteiger partial charge on any atom is 0.416 e. The number of benzene rings is 2. The Morgan fingerprint density at radius 1 is 1.04 bits per heavy atom. The van der Waals surface area contributed by atoms with E-state index in [0.29, 0.717) is 18.7 Å². The predicted molar refractivity (Wildman–Crippen MR) is 94.7 cm³/mol. The van der Waals surface area contributed by atoms with E-state index >= 15 is 0 Å². The number of rotatable bonds is 4. The third-order valence-corrected chi connectivity index (χ3v) is 4.83. The average molecular weight is 379 g/mol. The first-order valence-electron chi connectivity index (χ1n) is 8.80. The van der Waals surface area contributed by atoms with Gasteiger partial charge in [0.1, 0.15) is 12.3 Å². The predicted octanol–water partition coefficient (Wildman–Crippen LogP) is 2.25. The van der Waals surface area contributed by atoms with Gasteiger partial charge in [-0.2, -0.15) is 13.2 Å². The van der Waals surface area contributed by atoms with Crippen LogP contribution in [0, 0.1) is 0 Å². The second kappa shape index (κ2) is 8.00. The van der Waals surface area contributed by atoms with Gasteiger partial charge in [-0.05, 0) is 48.5 Å². The summed E-state index contributed by atoms with van der Waals surface area (Å²) in [6.07, 6.45) is -4.39. The van der Waals surface area contributed by atoms with Crippen LogP contribution in [0.1, 0.15) is 21.5 Å². The number of halogens is 3. The van der Waals surface area contributed by atoms with Gasteiger partial charge in [-0.15, -0.1) is 0 Å². The molecule has 0 radical (unpaired) electrons. The van der Waals surface area contributed by atoms with Gasteiger partial charge in [-0.25, -0.2) is 0 Å². The fraction of sp³-hybridized carbons (Fsp3) is 0.350. The number of nitrogens with one attached hydrogen (secondary N) is 1. The standard InChI is InChI=1S/C20H21F3N2O2/c1-27-18-8-2-15(3-9-18)14-24-10-12-25(13-11-24)19(26)16-4-6-17(7-5-16)20(21,22)23/h2-9H,10-14H2,1H3/p+1. The lowest BCUT2D eigenvalue weighted by molar-refractivity contribution is -0.917. The molecule has 1 fully saturated rings. The highest BCUT2D eigenvalue weighted by Crippen LogP contribution is 2.29. The second-order valence-corrected chi connectivity index (χ2v) is 6.64. The lowest BCUT2D eigenvalue weighted by Crippen LogP contribution is -3.13. The highest BCUT2D eigenvalue weighted by molar-refractivity contribution is 5.94. The molecule has 0 spiro atoms. The van der Waals surface area contributed by atoms with E-state index in [9.17, 15) is 18.0 Å². The molecular weight excluding hydrogens is 357 g/mol. The Labute approximate surface area is 156 Å². The summed E-state index contributed by atoms with van der Waals surface area (Å²) in [5.41, 5.74) is 0.753. The van der Waals surface area contributed by atoms with E-state index < -0.39 is 11.7 Å². The molecule has 0 aliphatic carbocycles. The van der Waals surface area contributed by atoms with Crippen molar-refractivity contribution in [2.75, 3.05) is 33.3 Å². The van der Waals surface area contributed by atoms with Crippen molar-refractivity contribution >= 4 is 5.91 Å². The van der Waals surface area contributed by atoms with Crippen molar-refractivity contribution in [3.8, 4) is 5.75 Å². The first-order chi connectivity index (χ1) is 12.9. The lowest BCUT2D eigenvalue weighted by Gasteiger charge is -2.32. The Bertz CT molecular complexity index is 765. The zero-order valence-electron chi connectivity index (χ0n) is 15.1. The topological polar surface area (TPSA) is 34.0 Å². The van der Waals surface area contributed by atoms with Crippen LogP contribution in [0.5, 0.6) is 5.75 Å². The smallest absolute Gasteiger partial charge is 0.416 e. The third-order valence-electron chi connectivity index (χ3n) is 4.83. The van der Waals surface area contributed by atoms with Gasteiger partial charge in [0, 0.05) is 11.1 Å². The normalized spacial score (nSPS) is 15.6. The SMILES string of the molecule is COc1ccc(C[NH+]2CCN(C(=O)c3ccc(C(F)(F)F)cc3)CC2)cc1. The maximum atomic E-state index is 12.6. The van der Waals surface area contributed by atoms with Crippen LogP contribution in [0.4, 0.5) is 13.2 Å². The summed E-state index contributed by atoms with van der Waals surface area (Å²) in [4.78, 5) is 15.6. The number of amides is 1. The Hall–Kier alpha value is -2.54. The van der Waals surface area contributed by atoms with Gasteiger partial charge in [0.05, 0.1) is 38.9 Å². The number of nitrogens with zero attached hydrogens (tertiary/aromatic N) is 1. The van der Waals surface area contributed by atoms with Crippen molar-refractivity contribution in [3.05, 3.63) is 65.2 Å². The van der Waals surface area contributed by atoms with Gasteiger partial charge in [0.2, 0.25) is 0 Å². The lowest BCUT2D eigenvalue weighted by atomic mass is 10.1. The summed E-state index contributed by atoms with van der Waals surface area (Å²) in [5, 5.41) is 0. The van der Waals surface area contributed by atoms with Gasteiger partial charge in [0.15, 0.2) is 0 Å². The minimum absolute atomic E-state index is 0.216. The van der Waals surface area contributed by atoms with Crippen LogP contribution in [-0.2, 0) is 12.7 Å².